The number of rotatable bonds is 5. The van der Waals surface area contributed by atoms with Crippen LogP contribution >= 0.6 is 0 Å². The molecule has 1 heterocycles. The summed E-state index contributed by atoms with van der Waals surface area (Å²) in [4.78, 5) is 26.3. The van der Waals surface area contributed by atoms with Crippen LogP contribution in [-0.2, 0) is 4.79 Å². The highest BCUT2D eigenvalue weighted by atomic mass is 16.1. The van der Waals surface area contributed by atoms with E-state index in [2.05, 4.69) is 4.98 Å². The van der Waals surface area contributed by atoms with E-state index in [-0.39, 0.29) is 18.6 Å². The summed E-state index contributed by atoms with van der Waals surface area (Å²) in [6.07, 6.45) is 2.11. The molecule has 0 radical (unpaired) electrons. The number of aromatic nitrogens is 1. The summed E-state index contributed by atoms with van der Waals surface area (Å²) in [6.45, 7) is 1.54. The van der Waals surface area contributed by atoms with Gasteiger partial charge in [0.25, 0.3) is 0 Å². The van der Waals surface area contributed by atoms with Gasteiger partial charge in [-0.25, -0.2) is 0 Å². The van der Waals surface area contributed by atoms with E-state index in [1.54, 1.807) is 6.20 Å². The number of para-hydroxylation sites is 1. The molecule has 1 aromatic carbocycles. The van der Waals surface area contributed by atoms with Gasteiger partial charge in [0.1, 0.15) is 0 Å². The second-order valence-corrected chi connectivity index (χ2v) is 4.95. The molecule has 0 bridgehead atoms. The standard InChI is InChI=1S/C14H17N3O2/c1-14(16,13(15)19)7-6-12(18)10-8-17-11-5-3-2-4-9(10)11/h2-5,8,17H,6-7,16H2,1H3,(H2,15,19). The highest BCUT2D eigenvalue weighted by Crippen LogP contribution is 2.20. The van der Waals surface area contributed by atoms with Crippen LogP contribution in [0.1, 0.15) is 30.1 Å². The number of amides is 1. The Balaban J connectivity index is 2.15. The van der Waals surface area contributed by atoms with Crippen molar-refractivity contribution in [2.24, 2.45) is 11.5 Å². The molecule has 2 aromatic rings. The molecule has 0 aliphatic heterocycles. The average Bonchev–Trinajstić information content (AvgIpc) is 2.79. The molecule has 0 aliphatic carbocycles. The maximum absolute atomic E-state index is 12.2. The first-order valence-electron chi connectivity index (χ1n) is 6.10. The number of nitrogens with two attached hydrogens (primary N) is 2. The van der Waals surface area contributed by atoms with Crippen molar-refractivity contribution in [3.05, 3.63) is 36.0 Å². The second-order valence-electron chi connectivity index (χ2n) is 4.95. The normalized spacial score (nSPS) is 14.2. The van der Waals surface area contributed by atoms with Gasteiger partial charge in [0.2, 0.25) is 5.91 Å². The maximum atomic E-state index is 12.2. The van der Waals surface area contributed by atoms with Crippen molar-refractivity contribution in [3.8, 4) is 0 Å². The Kier molecular flexibility index (Phi) is 3.40. The monoisotopic (exact) mass is 259 g/mol. The van der Waals surface area contributed by atoms with E-state index in [4.69, 9.17) is 11.5 Å². The van der Waals surface area contributed by atoms with Gasteiger partial charge in [-0.1, -0.05) is 18.2 Å². The maximum Gasteiger partial charge on any atom is 0.237 e. The number of nitrogens with one attached hydrogen (secondary N) is 1. The predicted octanol–water partition coefficient (Wildman–Crippen LogP) is 1.33. The van der Waals surface area contributed by atoms with E-state index < -0.39 is 11.4 Å². The van der Waals surface area contributed by atoms with Crippen LogP contribution in [0, 0.1) is 0 Å². The van der Waals surface area contributed by atoms with Crippen LogP contribution in [0.25, 0.3) is 10.9 Å². The van der Waals surface area contributed by atoms with E-state index in [9.17, 15) is 9.59 Å². The largest absolute Gasteiger partial charge is 0.368 e. The third-order valence-electron chi connectivity index (χ3n) is 3.32. The van der Waals surface area contributed by atoms with Crippen molar-refractivity contribution >= 4 is 22.6 Å². The van der Waals surface area contributed by atoms with Crippen LogP contribution in [0.5, 0.6) is 0 Å². The Bertz CT molecular complexity index is 628. The lowest BCUT2D eigenvalue weighted by atomic mass is 9.93. The zero-order chi connectivity index (χ0) is 14.0. The summed E-state index contributed by atoms with van der Waals surface area (Å²) in [5.74, 6) is -0.644. The molecule has 0 saturated carbocycles. The van der Waals surface area contributed by atoms with Crippen molar-refractivity contribution in [2.75, 3.05) is 0 Å². The topological polar surface area (TPSA) is 102 Å². The summed E-state index contributed by atoms with van der Waals surface area (Å²) < 4.78 is 0. The summed E-state index contributed by atoms with van der Waals surface area (Å²) in [6, 6.07) is 7.57. The van der Waals surface area contributed by atoms with Gasteiger partial charge in [0.15, 0.2) is 5.78 Å². The number of H-pyrrole nitrogens is 1. The third kappa shape index (κ3) is 2.66. The van der Waals surface area contributed by atoms with Gasteiger partial charge < -0.3 is 16.5 Å². The van der Waals surface area contributed by atoms with Crippen molar-refractivity contribution in [2.45, 2.75) is 25.3 Å². The molecule has 0 fully saturated rings. The van der Waals surface area contributed by atoms with E-state index in [0.717, 1.165) is 10.9 Å². The fourth-order valence-corrected chi connectivity index (χ4v) is 1.93. The molecule has 100 valence electrons. The lowest BCUT2D eigenvalue weighted by Crippen LogP contribution is -2.49. The number of benzene rings is 1. The van der Waals surface area contributed by atoms with Gasteiger partial charge in [-0.05, 0) is 19.4 Å². The number of fused-ring (bicyclic) bond motifs is 1. The molecule has 1 atom stereocenters. The van der Waals surface area contributed by atoms with Crippen LogP contribution in [0.3, 0.4) is 0 Å². The molecule has 5 N–H and O–H groups in total. The van der Waals surface area contributed by atoms with Gasteiger partial charge >= 0.3 is 0 Å². The number of carbonyl (C=O) groups is 2. The fraction of sp³-hybridized carbons (Fsp3) is 0.286. The van der Waals surface area contributed by atoms with E-state index in [1.165, 1.54) is 6.92 Å². The molecule has 1 amide bonds. The first-order valence-corrected chi connectivity index (χ1v) is 6.10. The lowest BCUT2D eigenvalue weighted by Gasteiger charge is -2.19. The number of ketones is 1. The zero-order valence-electron chi connectivity index (χ0n) is 10.8. The van der Waals surface area contributed by atoms with Crippen molar-refractivity contribution < 1.29 is 9.59 Å². The number of carbonyl (C=O) groups excluding carboxylic acids is 2. The molecule has 1 unspecified atom stereocenters. The Morgan fingerprint density at radius 2 is 2.00 bits per heavy atom. The van der Waals surface area contributed by atoms with Crippen molar-refractivity contribution in [1.82, 2.24) is 4.98 Å². The average molecular weight is 259 g/mol. The Morgan fingerprint density at radius 1 is 1.32 bits per heavy atom. The molecule has 0 saturated heterocycles. The van der Waals surface area contributed by atoms with E-state index in [1.807, 2.05) is 24.3 Å². The number of hydrogen-bond acceptors (Lipinski definition) is 3. The lowest BCUT2D eigenvalue weighted by molar-refractivity contribution is -0.122. The Hall–Kier alpha value is -2.14. The molecule has 1 aromatic heterocycles. The van der Waals surface area contributed by atoms with Gasteiger partial charge in [-0.15, -0.1) is 0 Å². The van der Waals surface area contributed by atoms with Crippen LogP contribution in [0.15, 0.2) is 30.5 Å². The first kappa shape index (κ1) is 13.3. The summed E-state index contributed by atoms with van der Waals surface area (Å²) in [5, 5.41) is 0.880. The smallest absolute Gasteiger partial charge is 0.237 e. The van der Waals surface area contributed by atoms with Gasteiger partial charge in [0.05, 0.1) is 5.54 Å². The fourth-order valence-electron chi connectivity index (χ4n) is 1.93. The molecule has 2 rings (SSSR count). The Labute approximate surface area is 111 Å². The van der Waals surface area contributed by atoms with Gasteiger partial charge in [-0.2, -0.15) is 0 Å². The van der Waals surface area contributed by atoms with Crippen molar-refractivity contribution in [3.63, 3.8) is 0 Å². The van der Waals surface area contributed by atoms with Crippen LogP contribution in [0.4, 0.5) is 0 Å². The quantitative estimate of drug-likeness (QED) is 0.706. The molecule has 19 heavy (non-hydrogen) atoms. The van der Waals surface area contributed by atoms with Gasteiger partial charge in [-0.3, -0.25) is 9.59 Å². The molecule has 0 aliphatic rings. The highest BCUT2D eigenvalue weighted by molar-refractivity contribution is 6.08. The first-order chi connectivity index (χ1) is 8.92. The molecule has 0 spiro atoms. The molecule has 5 nitrogen and oxygen atoms in total. The number of primary amides is 1. The third-order valence-corrected chi connectivity index (χ3v) is 3.32. The predicted molar refractivity (Wildman–Crippen MR) is 73.7 cm³/mol. The van der Waals surface area contributed by atoms with Crippen LogP contribution in [-0.4, -0.2) is 22.2 Å². The van der Waals surface area contributed by atoms with Crippen LogP contribution < -0.4 is 11.5 Å². The number of Topliss-reactive ketones (excluding diaryl/α,β-unsaturated/α-hetero) is 1. The molecule has 5 heteroatoms. The summed E-state index contributed by atoms with van der Waals surface area (Å²) in [7, 11) is 0. The van der Waals surface area contributed by atoms with Crippen LogP contribution in [0.2, 0.25) is 0 Å². The highest BCUT2D eigenvalue weighted by Gasteiger charge is 2.26. The summed E-state index contributed by atoms with van der Waals surface area (Å²) >= 11 is 0. The second kappa shape index (κ2) is 4.85. The molecular weight excluding hydrogens is 242 g/mol. The summed E-state index contributed by atoms with van der Waals surface area (Å²) in [5.41, 5.74) is 11.3. The van der Waals surface area contributed by atoms with E-state index >= 15 is 0 Å². The number of aromatic amines is 1. The minimum atomic E-state index is -1.15. The zero-order valence-corrected chi connectivity index (χ0v) is 10.8. The Morgan fingerprint density at radius 3 is 2.68 bits per heavy atom. The minimum Gasteiger partial charge on any atom is -0.368 e. The SMILES string of the molecule is CC(N)(CCC(=O)c1c[nH]c2ccccc12)C(N)=O. The molecular formula is C14H17N3O2. The van der Waals surface area contributed by atoms with E-state index in [0.29, 0.717) is 5.56 Å². The minimum absolute atomic E-state index is 0.0459. The van der Waals surface area contributed by atoms with Crippen molar-refractivity contribution in [1.29, 1.82) is 0 Å². The van der Waals surface area contributed by atoms with Gasteiger partial charge in [0, 0.05) is 29.1 Å². The number of hydrogen-bond donors (Lipinski definition) is 3.